The Bertz CT molecular complexity index is 465. The largest absolute Gasteiger partial charge is 0.295 e. The zero-order chi connectivity index (χ0) is 16.7. The number of Topliss-reactive ketones (excluding diaryl/α,β-unsaturated/α-hetero) is 1. The second-order valence-electron chi connectivity index (χ2n) is 7.72. The predicted octanol–water partition coefficient (Wildman–Crippen LogP) is 6.77. The van der Waals surface area contributed by atoms with Gasteiger partial charge >= 0.3 is 0 Å². The lowest BCUT2D eigenvalue weighted by Gasteiger charge is -2.29. The minimum atomic E-state index is 0.164. The van der Waals surface area contributed by atoms with Gasteiger partial charge in [-0.25, -0.2) is 0 Å². The molecule has 1 heteroatoms. The Labute approximate surface area is 142 Å². The van der Waals surface area contributed by atoms with Crippen LogP contribution in [0.15, 0.2) is 24.3 Å². The standard InChI is InChI=1S/C22H34O/c1-4-6-17(2)7-5-8-19-9-11-21(12-10-19)22-15-13-20(14-16-22)18(3)23/h13-17,19,21H,4-12H2,1-3H3. The topological polar surface area (TPSA) is 17.1 Å². The molecule has 0 aromatic heterocycles. The molecule has 1 saturated carbocycles. The number of ketones is 1. The first kappa shape index (κ1) is 18.2. The fraction of sp³-hybridized carbons (Fsp3) is 0.682. The van der Waals surface area contributed by atoms with Crippen molar-refractivity contribution in [3.63, 3.8) is 0 Å². The van der Waals surface area contributed by atoms with Gasteiger partial charge in [0.2, 0.25) is 0 Å². The third-order valence-corrected chi connectivity index (χ3v) is 5.73. The first-order valence-corrected chi connectivity index (χ1v) is 9.71. The van der Waals surface area contributed by atoms with Crippen molar-refractivity contribution in [2.45, 2.75) is 84.5 Å². The van der Waals surface area contributed by atoms with E-state index in [-0.39, 0.29) is 5.78 Å². The highest BCUT2D eigenvalue weighted by Crippen LogP contribution is 2.38. The van der Waals surface area contributed by atoms with Crippen molar-refractivity contribution < 1.29 is 4.79 Å². The molecule has 1 fully saturated rings. The molecule has 1 aliphatic rings. The van der Waals surface area contributed by atoms with Crippen LogP contribution < -0.4 is 0 Å². The lowest BCUT2D eigenvalue weighted by atomic mass is 9.76. The number of carbonyl (C=O) groups is 1. The number of benzene rings is 1. The van der Waals surface area contributed by atoms with E-state index in [1.165, 1.54) is 63.4 Å². The van der Waals surface area contributed by atoms with E-state index in [1.807, 2.05) is 12.1 Å². The van der Waals surface area contributed by atoms with E-state index in [4.69, 9.17) is 0 Å². The highest BCUT2D eigenvalue weighted by atomic mass is 16.1. The fourth-order valence-corrected chi connectivity index (χ4v) is 4.17. The van der Waals surface area contributed by atoms with Crippen molar-refractivity contribution in [1.82, 2.24) is 0 Å². The Kier molecular flexibility index (Phi) is 7.33. The van der Waals surface area contributed by atoms with Crippen LogP contribution in [-0.2, 0) is 0 Å². The van der Waals surface area contributed by atoms with Crippen LogP contribution in [0.1, 0.15) is 100 Å². The smallest absolute Gasteiger partial charge is 0.159 e. The molecule has 1 unspecified atom stereocenters. The monoisotopic (exact) mass is 314 g/mol. The summed E-state index contributed by atoms with van der Waals surface area (Å²) in [4.78, 5) is 11.4. The van der Waals surface area contributed by atoms with E-state index >= 15 is 0 Å². The Morgan fingerprint density at radius 2 is 1.74 bits per heavy atom. The second kappa shape index (κ2) is 9.25. The van der Waals surface area contributed by atoms with Crippen LogP contribution in [0.4, 0.5) is 0 Å². The number of hydrogen-bond acceptors (Lipinski definition) is 1. The molecule has 2 rings (SSSR count). The third kappa shape index (κ3) is 5.79. The van der Waals surface area contributed by atoms with Crippen molar-refractivity contribution in [2.24, 2.45) is 11.8 Å². The average Bonchev–Trinajstić information content (AvgIpc) is 2.56. The van der Waals surface area contributed by atoms with Crippen LogP contribution in [0.3, 0.4) is 0 Å². The normalized spacial score (nSPS) is 22.7. The highest BCUT2D eigenvalue weighted by molar-refractivity contribution is 5.94. The number of carbonyl (C=O) groups excluding carboxylic acids is 1. The third-order valence-electron chi connectivity index (χ3n) is 5.73. The molecule has 0 aliphatic heterocycles. The molecule has 23 heavy (non-hydrogen) atoms. The first-order chi connectivity index (χ1) is 11.1. The number of rotatable bonds is 8. The molecular weight excluding hydrogens is 280 g/mol. The summed E-state index contributed by atoms with van der Waals surface area (Å²) in [5.41, 5.74) is 2.27. The van der Waals surface area contributed by atoms with Crippen molar-refractivity contribution in [1.29, 1.82) is 0 Å². The minimum Gasteiger partial charge on any atom is -0.295 e. The molecule has 0 N–H and O–H groups in total. The number of hydrogen-bond donors (Lipinski definition) is 0. The lowest BCUT2D eigenvalue weighted by molar-refractivity contribution is 0.101. The van der Waals surface area contributed by atoms with Gasteiger partial charge in [-0.2, -0.15) is 0 Å². The van der Waals surface area contributed by atoms with Crippen LogP contribution in [-0.4, -0.2) is 5.78 Å². The fourth-order valence-electron chi connectivity index (χ4n) is 4.17. The van der Waals surface area contributed by atoms with Gasteiger partial charge in [0.1, 0.15) is 0 Å². The molecule has 0 spiro atoms. The molecule has 1 aliphatic carbocycles. The summed E-state index contributed by atoms with van der Waals surface area (Å²) in [7, 11) is 0. The van der Waals surface area contributed by atoms with E-state index < -0.39 is 0 Å². The summed E-state index contributed by atoms with van der Waals surface area (Å²) in [6.07, 6.45) is 12.4. The van der Waals surface area contributed by atoms with Crippen LogP contribution in [0.2, 0.25) is 0 Å². The van der Waals surface area contributed by atoms with Gasteiger partial charge in [0.05, 0.1) is 0 Å². The predicted molar refractivity (Wildman–Crippen MR) is 99.1 cm³/mol. The maximum atomic E-state index is 11.4. The van der Waals surface area contributed by atoms with Gasteiger partial charge < -0.3 is 0 Å². The molecule has 1 aromatic rings. The average molecular weight is 315 g/mol. The van der Waals surface area contributed by atoms with Crippen molar-refractivity contribution >= 4 is 5.78 Å². The van der Waals surface area contributed by atoms with Gasteiger partial charge in [-0.15, -0.1) is 0 Å². The van der Waals surface area contributed by atoms with Crippen molar-refractivity contribution in [3.8, 4) is 0 Å². The second-order valence-corrected chi connectivity index (χ2v) is 7.72. The quantitative estimate of drug-likeness (QED) is 0.484. The zero-order valence-electron chi connectivity index (χ0n) is 15.3. The van der Waals surface area contributed by atoms with Crippen LogP contribution in [0.5, 0.6) is 0 Å². The Balaban J connectivity index is 1.72. The van der Waals surface area contributed by atoms with Gasteiger partial charge in [-0.1, -0.05) is 70.2 Å². The van der Waals surface area contributed by atoms with Crippen molar-refractivity contribution in [3.05, 3.63) is 35.4 Å². The van der Waals surface area contributed by atoms with Gasteiger partial charge in [-0.05, 0) is 55.9 Å². The van der Waals surface area contributed by atoms with Gasteiger partial charge in [0.25, 0.3) is 0 Å². The molecule has 0 heterocycles. The summed E-state index contributed by atoms with van der Waals surface area (Å²) in [5.74, 6) is 2.75. The summed E-state index contributed by atoms with van der Waals surface area (Å²) >= 11 is 0. The highest BCUT2D eigenvalue weighted by Gasteiger charge is 2.22. The lowest BCUT2D eigenvalue weighted by Crippen LogP contribution is -2.13. The Morgan fingerprint density at radius 3 is 2.30 bits per heavy atom. The summed E-state index contributed by atoms with van der Waals surface area (Å²) in [5, 5.41) is 0. The molecule has 1 nitrogen and oxygen atoms in total. The van der Waals surface area contributed by atoms with E-state index in [9.17, 15) is 4.79 Å². The Hall–Kier alpha value is -1.11. The molecule has 0 amide bonds. The van der Waals surface area contributed by atoms with E-state index in [0.29, 0.717) is 5.92 Å². The van der Waals surface area contributed by atoms with Crippen LogP contribution >= 0.6 is 0 Å². The van der Waals surface area contributed by atoms with Crippen LogP contribution in [0, 0.1) is 11.8 Å². The summed E-state index contributed by atoms with van der Waals surface area (Å²) in [6.45, 7) is 6.34. The van der Waals surface area contributed by atoms with Crippen LogP contribution in [0.25, 0.3) is 0 Å². The minimum absolute atomic E-state index is 0.164. The zero-order valence-corrected chi connectivity index (χ0v) is 15.3. The molecule has 0 radical (unpaired) electrons. The SMILES string of the molecule is CCCC(C)CCCC1CCC(c2ccc(C(C)=O)cc2)CC1. The maximum absolute atomic E-state index is 11.4. The van der Waals surface area contributed by atoms with Crippen molar-refractivity contribution in [2.75, 3.05) is 0 Å². The van der Waals surface area contributed by atoms with Gasteiger partial charge in [0.15, 0.2) is 5.78 Å². The molecule has 0 saturated heterocycles. The van der Waals surface area contributed by atoms with Gasteiger partial charge in [0, 0.05) is 5.56 Å². The maximum Gasteiger partial charge on any atom is 0.159 e. The van der Waals surface area contributed by atoms with E-state index in [2.05, 4.69) is 26.0 Å². The Morgan fingerprint density at radius 1 is 1.09 bits per heavy atom. The summed E-state index contributed by atoms with van der Waals surface area (Å²) < 4.78 is 0. The molecule has 1 atom stereocenters. The first-order valence-electron chi connectivity index (χ1n) is 9.71. The summed E-state index contributed by atoms with van der Waals surface area (Å²) in [6, 6.07) is 8.35. The molecular formula is C22H34O. The van der Waals surface area contributed by atoms with Gasteiger partial charge in [-0.3, -0.25) is 4.79 Å². The van der Waals surface area contributed by atoms with E-state index in [1.54, 1.807) is 6.92 Å². The molecule has 0 bridgehead atoms. The molecule has 128 valence electrons. The molecule has 1 aromatic carbocycles. The van der Waals surface area contributed by atoms with E-state index in [0.717, 1.165) is 17.4 Å².